The molecular weight excluding hydrogens is 470 g/mol. The summed E-state index contributed by atoms with van der Waals surface area (Å²) >= 11 is 0. The molecule has 0 heterocycles. The molecule has 204 valence electrons. The Labute approximate surface area is 212 Å². The highest BCUT2D eigenvalue weighted by Gasteiger charge is 2.26. The Morgan fingerprint density at radius 3 is 1.97 bits per heavy atom. The molecule has 36 heavy (non-hydrogen) atoms. The van der Waals surface area contributed by atoms with Crippen molar-refractivity contribution >= 4 is 17.7 Å². The van der Waals surface area contributed by atoms with Crippen LogP contribution in [0.15, 0.2) is 18.2 Å². The second kappa shape index (κ2) is 17.0. The highest BCUT2D eigenvalue weighted by atomic mass is 16.7. The number of carbonyl (C=O) groups excluding carboxylic acids is 3. The van der Waals surface area contributed by atoms with Crippen LogP contribution in [0.25, 0.3) is 0 Å². The number of hydrogen-bond donors (Lipinski definition) is 5. The van der Waals surface area contributed by atoms with Crippen LogP contribution in [-0.4, -0.2) is 82.6 Å². The number of amides is 3. The van der Waals surface area contributed by atoms with E-state index in [-0.39, 0.29) is 23.8 Å². The monoisotopic (exact) mass is 511 g/mol. The van der Waals surface area contributed by atoms with E-state index in [1.807, 2.05) is 20.8 Å². The molecule has 0 spiro atoms. The first-order valence-electron chi connectivity index (χ1n) is 12.4. The second-order valence-corrected chi connectivity index (χ2v) is 8.69. The first kappa shape index (κ1) is 31.5. The maximum absolute atomic E-state index is 12.9. The Morgan fingerprint density at radius 2 is 1.42 bits per heavy atom. The van der Waals surface area contributed by atoms with Gasteiger partial charge in [0.1, 0.15) is 31.5 Å². The van der Waals surface area contributed by atoms with Crippen LogP contribution in [0.1, 0.15) is 79.2 Å². The topological polar surface area (TPSA) is 158 Å². The third kappa shape index (κ3) is 11.0. The fraction of sp³-hybridized carbons (Fsp3) is 0.640. The summed E-state index contributed by atoms with van der Waals surface area (Å²) in [6.45, 7) is 7.96. The van der Waals surface area contributed by atoms with Gasteiger partial charge in [0.15, 0.2) is 0 Å². The number of hydrogen-bond acceptors (Lipinski definition) is 8. The lowest BCUT2D eigenvalue weighted by Crippen LogP contribution is -2.44. The molecule has 11 heteroatoms. The van der Waals surface area contributed by atoms with Gasteiger partial charge in [0.2, 0.25) is 5.91 Å². The van der Waals surface area contributed by atoms with Crippen molar-refractivity contribution in [2.45, 2.75) is 78.1 Å². The predicted octanol–water partition coefficient (Wildman–Crippen LogP) is 1.24. The molecule has 3 amide bonds. The summed E-state index contributed by atoms with van der Waals surface area (Å²) < 4.78 is 0. The maximum Gasteiger partial charge on any atom is 0.274 e. The normalized spacial score (nSPS) is 13.5. The van der Waals surface area contributed by atoms with Gasteiger partial charge in [0.25, 0.3) is 11.8 Å². The van der Waals surface area contributed by atoms with Crippen molar-refractivity contribution in [2.24, 2.45) is 0 Å². The van der Waals surface area contributed by atoms with Crippen LogP contribution in [0, 0.1) is 6.92 Å². The predicted molar refractivity (Wildman–Crippen MR) is 133 cm³/mol. The van der Waals surface area contributed by atoms with Gasteiger partial charge in [-0.15, -0.1) is 0 Å². The van der Waals surface area contributed by atoms with E-state index in [1.165, 1.54) is 6.07 Å². The summed E-state index contributed by atoms with van der Waals surface area (Å²) in [5, 5.41) is 30.0. The second-order valence-electron chi connectivity index (χ2n) is 8.69. The number of nitrogens with zero attached hydrogens (tertiary/aromatic N) is 1. The Balaban J connectivity index is 2.58. The van der Waals surface area contributed by atoms with Gasteiger partial charge >= 0.3 is 0 Å². The van der Waals surface area contributed by atoms with Crippen molar-refractivity contribution in [1.82, 2.24) is 15.9 Å². The minimum atomic E-state index is -1.65. The van der Waals surface area contributed by atoms with Crippen LogP contribution >= 0.6 is 0 Å². The molecule has 1 aromatic carbocycles. The number of aryl methyl sites for hydroxylation is 1. The van der Waals surface area contributed by atoms with Gasteiger partial charge in [-0.1, -0.05) is 27.2 Å². The van der Waals surface area contributed by atoms with Crippen molar-refractivity contribution in [3.8, 4) is 0 Å². The number of aliphatic hydroxyl groups is 3. The molecule has 0 radical (unpaired) electrons. The average molecular weight is 512 g/mol. The third-order valence-corrected chi connectivity index (χ3v) is 5.27. The molecule has 0 aromatic heterocycles. The molecule has 11 nitrogen and oxygen atoms in total. The minimum Gasteiger partial charge on any atom is -0.388 e. The van der Waals surface area contributed by atoms with E-state index < -0.39 is 37.4 Å². The van der Waals surface area contributed by atoms with Gasteiger partial charge in [-0.2, -0.15) is 0 Å². The average Bonchev–Trinajstić information content (AvgIpc) is 2.85. The SMILES string of the molecule is CCCCC(=O)NOCC(O)[C@@H](O)[C@@H](O)CONC(=O)c1cc(C)cc(C(=O)N(CCC)CCC)c1. The molecule has 0 fully saturated rings. The number of hydroxylamine groups is 2. The fourth-order valence-electron chi connectivity index (χ4n) is 3.38. The largest absolute Gasteiger partial charge is 0.388 e. The molecule has 1 rings (SSSR count). The summed E-state index contributed by atoms with van der Waals surface area (Å²) in [5.41, 5.74) is 5.63. The Morgan fingerprint density at radius 1 is 0.861 bits per heavy atom. The maximum atomic E-state index is 12.9. The number of benzene rings is 1. The molecule has 0 aliphatic carbocycles. The van der Waals surface area contributed by atoms with Crippen molar-refractivity contribution in [3.63, 3.8) is 0 Å². The number of rotatable bonds is 17. The summed E-state index contributed by atoms with van der Waals surface area (Å²) in [7, 11) is 0. The third-order valence-electron chi connectivity index (χ3n) is 5.27. The summed E-state index contributed by atoms with van der Waals surface area (Å²) in [5.74, 6) is -1.14. The molecule has 0 saturated heterocycles. The molecule has 0 saturated carbocycles. The van der Waals surface area contributed by atoms with Crippen LogP contribution in [0.4, 0.5) is 0 Å². The molecule has 0 aliphatic heterocycles. The summed E-state index contributed by atoms with van der Waals surface area (Å²) in [6.07, 6.45) is -1.26. The van der Waals surface area contributed by atoms with Crippen molar-refractivity contribution in [2.75, 3.05) is 26.3 Å². The lowest BCUT2D eigenvalue weighted by Gasteiger charge is -2.23. The quantitative estimate of drug-likeness (QED) is 0.196. The molecule has 0 aliphatic rings. The van der Waals surface area contributed by atoms with Gasteiger partial charge in [-0.05, 0) is 49.9 Å². The van der Waals surface area contributed by atoms with Crippen LogP contribution < -0.4 is 11.0 Å². The first-order chi connectivity index (χ1) is 17.1. The van der Waals surface area contributed by atoms with Crippen LogP contribution in [-0.2, 0) is 14.5 Å². The van der Waals surface area contributed by atoms with E-state index in [2.05, 4.69) is 11.0 Å². The standard InChI is InChI=1S/C25H41N3O8/c1-5-8-9-22(31)26-35-15-20(29)23(32)21(30)16-36-27-24(33)18-12-17(4)13-19(14-18)25(34)28(10-6-2)11-7-3/h12-14,20-21,23,29-30,32H,5-11,15-16H2,1-4H3,(H,26,31)(H,27,33)/t20?,21-,23+/m0/s1. The van der Waals surface area contributed by atoms with Gasteiger partial charge in [0, 0.05) is 30.6 Å². The molecule has 1 aromatic rings. The highest BCUT2D eigenvalue weighted by Crippen LogP contribution is 2.13. The van der Waals surface area contributed by atoms with Crippen LogP contribution in [0.3, 0.4) is 0 Å². The number of aliphatic hydroxyl groups excluding tert-OH is 3. The zero-order valence-electron chi connectivity index (χ0n) is 21.7. The van der Waals surface area contributed by atoms with Gasteiger partial charge in [-0.25, -0.2) is 11.0 Å². The molecule has 0 bridgehead atoms. The molecule has 3 atom stereocenters. The van der Waals surface area contributed by atoms with Gasteiger partial charge in [0.05, 0.1) is 0 Å². The lowest BCUT2D eigenvalue weighted by atomic mass is 10.0. The van der Waals surface area contributed by atoms with Crippen LogP contribution in [0.5, 0.6) is 0 Å². The number of unbranched alkanes of at least 4 members (excludes halogenated alkanes) is 1. The summed E-state index contributed by atoms with van der Waals surface area (Å²) in [6, 6.07) is 4.79. The minimum absolute atomic E-state index is 0.159. The van der Waals surface area contributed by atoms with Crippen molar-refractivity contribution in [3.05, 3.63) is 34.9 Å². The smallest absolute Gasteiger partial charge is 0.274 e. The van der Waals surface area contributed by atoms with Crippen molar-refractivity contribution < 1.29 is 39.4 Å². The van der Waals surface area contributed by atoms with E-state index in [0.29, 0.717) is 25.1 Å². The first-order valence-corrected chi connectivity index (χ1v) is 12.4. The van der Waals surface area contributed by atoms with Crippen LogP contribution in [0.2, 0.25) is 0 Å². The fourth-order valence-corrected chi connectivity index (χ4v) is 3.38. The lowest BCUT2D eigenvalue weighted by molar-refractivity contribution is -0.145. The Kier molecular flexibility index (Phi) is 14.8. The zero-order valence-corrected chi connectivity index (χ0v) is 21.7. The zero-order chi connectivity index (χ0) is 27.1. The molecule has 1 unspecified atom stereocenters. The van der Waals surface area contributed by atoms with E-state index in [0.717, 1.165) is 24.8 Å². The van der Waals surface area contributed by atoms with E-state index >= 15 is 0 Å². The van der Waals surface area contributed by atoms with E-state index in [9.17, 15) is 29.7 Å². The Bertz CT molecular complexity index is 830. The highest BCUT2D eigenvalue weighted by molar-refractivity contribution is 5.99. The molecule has 5 N–H and O–H groups in total. The Hall–Kier alpha value is -2.57. The van der Waals surface area contributed by atoms with E-state index in [1.54, 1.807) is 24.0 Å². The number of carbonyl (C=O) groups is 3. The summed E-state index contributed by atoms with van der Waals surface area (Å²) in [4.78, 5) is 48.5. The van der Waals surface area contributed by atoms with Gasteiger partial charge in [-0.3, -0.25) is 24.1 Å². The molecular formula is C25H41N3O8. The van der Waals surface area contributed by atoms with Gasteiger partial charge < -0.3 is 20.2 Å². The number of nitrogens with one attached hydrogen (secondary N) is 2. The van der Waals surface area contributed by atoms with Crippen molar-refractivity contribution in [1.29, 1.82) is 0 Å². The van der Waals surface area contributed by atoms with E-state index in [4.69, 9.17) is 9.68 Å².